The summed E-state index contributed by atoms with van der Waals surface area (Å²) in [5, 5.41) is 6.70. The molecule has 0 bridgehead atoms. The van der Waals surface area contributed by atoms with E-state index < -0.39 is 10.0 Å². The number of aryl methyl sites for hydroxylation is 4. The van der Waals surface area contributed by atoms with Crippen LogP contribution in [0.4, 0.5) is 0 Å². The molecule has 1 aliphatic heterocycles. The van der Waals surface area contributed by atoms with Crippen molar-refractivity contribution in [3.05, 3.63) is 40.0 Å². The van der Waals surface area contributed by atoms with Gasteiger partial charge in [-0.25, -0.2) is 8.42 Å². The Labute approximate surface area is 184 Å². The van der Waals surface area contributed by atoms with E-state index in [4.69, 9.17) is 4.52 Å². The lowest BCUT2D eigenvalue weighted by Crippen LogP contribution is -2.43. The average Bonchev–Trinajstić information content (AvgIpc) is 3.14. The number of carbonyl (C=O) groups is 1. The van der Waals surface area contributed by atoms with Crippen molar-refractivity contribution in [2.45, 2.75) is 65.2 Å². The van der Waals surface area contributed by atoms with Crippen LogP contribution in [-0.4, -0.2) is 48.4 Å². The molecule has 1 aliphatic rings. The molecule has 0 aliphatic carbocycles. The van der Waals surface area contributed by atoms with Crippen molar-refractivity contribution in [3.63, 3.8) is 0 Å². The van der Waals surface area contributed by atoms with Gasteiger partial charge in [0.05, 0.1) is 4.90 Å². The number of hydrogen-bond acceptors (Lipinski definition) is 6. The molecule has 31 heavy (non-hydrogen) atoms. The second-order valence-corrected chi connectivity index (χ2v) is 10.3. The van der Waals surface area contributed by atoms with Crippen LogP contribution in [0.1, 0.15) is 53.2 Å². The first-order valence-electron chi connectivity index (χ1n) is 10.8. The summed E-state index contributed by atoms with van der Waals surface area (Å²) < 4.78 is 33.3. The number of nitrogens with one attached hydrogen (secondary N) is 1. The van der Waals surface area contributed by atoms with Crippen LogP contribution in [0.5, 0.6) is 0 Å². The zero-order chi connectivity index (χ0) is 22.8. The Hall–Kier alpha value is -2.26. The number of carbonyl (C=O) groups excluding carboxylic acids is 1. The van der Waals surface area contributed by atoms with E-state index in [0.29, 0.717) is 61.9 Å². The summed E-state index contributed by atoms with van der Waals surface area (Å²) in [4.78, 5) is 17.1. The Morgan fingerprint density at radius 1 is 1.13 bits per heavy atom. The monoisotopic (exact) mass is 448 g/mol. The Bertz CT molecular complexity index is 1030. The van der Waals surface area contributed by atoms with Gasteiger partial charge >= 0.3 is 0 Å². The number of amides is 1. The molecule has 170 valence electrons. The molecule has 1 fully saturated rings. The van der Waals surface area contributed by atoms with E-state index in [1.54, 1.807) is 6.92 Å². The minimum absolute atomic E-state index is 0.0162. The summed E-state index contributed by atoms with van der Waals surface area (Å²) in [6, 6.07) is 2.03. The van der Waals surface area contributed by atoms with Crippen molar-refractivity contribution in [1.82, 2.24) is 19.8 Å². The molecule has 0 atom stereocenters. The first-order chi connectivity index (χ1) is 14.6. The van der Waals surface area contributed by atoms with Crippen LogP contribution in [-0.2, 0) is 21.2 Å². The third kappa shape index (κ3) is 5.15. The maximum Gasteiger partial charge on any atom is 0.243 e. The standard InChI is InChI=1S/C22H32N4O4S/c1-14-13-15(2)17(4)21(16(14)3)31(28,29)26-11-8-19(9-12-26)22(27)23-10-6-7-20-24-18(5)25-30-20/h13,19H,6-12H2,1-5H3,(H,23,27). The van der Waals surface area contributed by atoms with Crippen LogP contribution in [0.2, 0.25) is 0 Å². The summed E-state index contributed by atoms with van der Waals surface area (Å²) in [6.45, 7) is 10.6. The van der Waals surface area contributed by atoms with Gasteiger partial charge in [0.2, 0.25) is 21.8 Å². The number of benzene rings is 1. The predicted octanol–water partition coefficient (Wildman–Crippen LogP) is 2.76. The van der Waals surface area contributed by atoms with Gasteiger partial charge < -0.3 is 9.84 Å². The highest BCUT2D eigenvalue weighted by molar-refractivity contribution is 7.89. The summed E-state index contributed by atoms with van der Waals surface area (Å²) in [5.41, 5.74) is 3.57. The topological polar surface area (TPSA) is 105 Å². The maximum absolute atomic E-state index is 13.4. The van der Waals surface area contributed by atoms with Gasteiger partial charge in [0.15, 0.2) is 5.82 Å². The highest BCUT2D eigenvalue weighted by Gasteiger charge is 2.34. The van der Waals surface area contributed by atoms with E-state index >= 15 is 0 Å². The molecular formula is C22H32N4O4S. The third-order valence-corrected chi connectivity index (χ3v) is 8.33. The van der Waals surface area contributed by atoms with Gasteiger partial charge in [-0.3, -0.25) is 4.79 Å². The van der Waals surface area contributed by atoms with Crippen LogP contribution in [0.25, 0.3) is 0 Å². The van der Waals surface area contributed by atoms with Crippen LogP contribution < -0.4 is 5.32 Å². The van der Waals surface area contributed by atoms with Gasteiger partial charge in [0.1, 0.15) is 0 Å². The van der Waals surface area contributed by atoms with E-state index in [9.17, 15) is 13.2 Å². The molecule has 1 aromatic carbocycles. The molecule has 1 aromatic heterocycles. The molecule has 1 N–H and O–H groups in total. The fourth-order valence-electron chi connectivity index (χ4n) is 4.09. The second kappa shape index (κ2) is 9.48. The minimum atomic E-state index is -3.59. The first-order valence-corrected chi connectivity index (χ1v) is 12.2. The van der Waals surface area contributed by atoms with Crippen molar-refractivity contribution in [3.8, 4) is 0 Å². The van der Waals surface area contributed by atoms with Gasteiger partial charge in [-0.2, -0.15) is 9.29 Å². The second-order valence-electron chi connectivity index (χ2n) is 8.40. The summed E-state index contributed by atoms with van der Waals surface area (Å²) in [6.07, 6.45) is 2.38. The molecule has 2 heterocycles. The fourth-order valence-corrected chi connectivity index (χ4v) is 6.14. The van der Waals surface area contributed by atoms with Crippen LogP contribution >= 0.6 is 0 Å². The van der Waals surface area contributed by atoms with E-state index in [1.807, 2.05) is 33.8 Å². The first kappa shape index (κ1) is 23.4. The molecule has 0 spiro atoms. The average molecular weight is 449 g/mol. The molecule has 3 rings (SSSR count). The number of rotatable bonds is 7. The SMILES string of the molecule is Cc1noc(CCCNC(=O)C2CCN(S(=O)(=O)c3c(C)c(C)cc(C)c3C)CC2)n1. The molecule has 1 amide bonds. The Balaban J connectivity index is 1.54. The summed E-state index contributed by atoms with van der Waals surface area (Å²) in [7, 11) is -3.59. The molecule has 0 unspecified atom stereocenters. The highest BCUT2D eigenvalue weighted by atomic mass is 32.2. The van der Waals surface area contributed by atoms with Crippen molar-refractivity contribution < 1.29 is 17.7 Å². The zero-order valence-electron chi connectivity index (χ0n) is 19.0. The molecule has 9 heteroatoms. The maximum atomic E-state index is 13.4. The summed E-state index contributed by atoms with van der Waals surface area (Å²) in [5.74, 6) is 0.991. The fraction of sp³-hybridized carbons (Fsp3) is 0.591. The molecule has 1 saturated heterocycles. The summed E-state index contributed by atoms with van der Waals surface area (Å²) >= 11 is 0. The van der Waals surface area contributed by atoms with Gasteiger partial charge in [0, 0.05) is 32.0 Å². The lowest BCUT2D eigenvalue weighted by molar-refractivity contribution is -0.126. The lowest BCUT2D eigenvalue weighted by atomic mass is 9.97. The van der Waals surface area contributed by atoms with Gasteiger partial charge in [-0.15, -0.1) is 0 Å². The van der Waals surface area contributed by atoms with Crippen LogP contribution in [0.3, 0.4) is 0 Å². The van der Waals surface area contributed by atoms with Crippen LogP contribution in [0, 0.1) is 40.5 Å². The predicted molar refractivity (Wildman–Crippen MR) is 117 cm³/mol. The van der Waals surface area contributed by atoms with E-state index in [0.717, 1.165) is 22.3 Å². The number of piperidine rings is 1. The van der Waals surface area contributed by atoms with Crippen molar-refractivity contribution in [2.75, 3.05) is 19.6 Å². The van der Waals surface area contributed by atoms with E-state index in [2.05, 4.69) is 15.5 Å². The largest absolute Gasteiger partial charge is 0.356 e. The Morgan fingerprint density at radius 2 is 1.74 bits per heavy atom. The van der Waals surface area contributed by atoms with Crippen molar-refractivity contribution >= 4 is 15.9 Å². The molecule has 2 aromatic rings. The Kier molecular flexibility index (Phi) is 7.16. The number of nitrogens with zero attached hydrogens (tertiary/aromatic N) is 3. The third-order valence-electron chi connectivity index (χ3n) is 6.16. The molecule has 0 radical (unpaired) electrons. The van der Waals surface area contributed by atoms with Crippen LogP contribution in [0.15, 0.2) is 15.5 Å². The minimum Gasteiger partial charge on any atom is -0.356 e. The number of hydrogen-bond donors (Lipinski definition) is 1. The quantitative estimate of drug-likeness (QED) is 0.653. The number of sulfonamides is 1. The zero-order valence-corrected chi connectivity index (χ0v) is 19.8. The van der Waals surface area contributed by atoms with Gasteiger partial charge in [-0.05, 0) is 76.1 Å². The normalized spacial score (nSPS) is 15.9. The van der Waals surface area contributed by atoms with Gasteiger partial charge in [-0.1, -0.05) is 11.2 Å². The molecule has 8 nitrogen and oxygen atoms in total. The lowest BCUT2D eigenvalue weighted by Gasteiger charge is -2.31. The van der Waals surface area contributed by atoms with Crippen molar-refractivity contribution in [1.29, 1.82) is 0 Å². The highest BCUT2D eigenvalue weighted by Crippen LogP contribution is 2.31. The van der Waals surface area contributed by atoms with E-state index in [1.165, 1.54) is 4.31 Å². The van der Waals surface area contributed by atoms with Crippen molar-refractivity contribution in [2.24, 2.45) is 5.92 Å². The Morgan fingerprint density at radius 3 is 2.29 bits per heavy atom. The molecule has 0 saturated carbocycles. The number of aromatic nitrogens is 2. The van der Waals surface area contributed by atoms with Gasteiger partial charge in [0.25, 0.3) is 0 Å². The smallest absolute Gasteiger partial charge is 0.243 e. The van der Waals surface area contributed by atoms with E-state index in [-0.39, 0.29) is 11.8 Å². The molecular weight excluding hydrogens is 416 g/mol.